The predicted molar refractivity (Wildman–Crippen MR) is 105 cm³/mol. The lowest BCUT2D eigenvalue weighted by molar-refractivity contribution is -0.143. The molecule has 0 spiro atoms. The summed E-state index contributed by atoms with van der Waals surface area (Å²) in [6.45, 7) is 5.73. The van der Waals surface area contributed by atoms with E-state index in [0.717, 1.165) is 70.6 Å². The summed E-state index contributed by atoms with van der Waals surface area (Å²) < 4.78 is 0. The molecule has 0 unspecified atom stereocenters. The Balaban J connectivity index is 1.40. The Bertz CT molecular complexity index is 457. The van der Waals surface area contributed by atoms with E-state index in [0.29, 0.717) is 11.8 Å². The van der Waals surface area contributed by atoms with E-state index in [9.17, 15) is 9.59 Å². The molecular formula is C22H38N2O2. The third kappa shape index (κ3) is 5.01. The fourth-order valence-corrected chi connectivity index (χ4v) is 5.17. The van der Waals surface area contributed by atoms with Gasteiger partial charge < -0.3 is 9.80 Å². The Morgan fingerprint density at radius 2 is 1.27 bits per heavy atom. The number of hydrogen-bond donors (Lipinski definition) is 0. The summed E-state index contributed by atoms with van der Waals surface area (Å²) in [7, 11) is 0. The van der Waals surface area contributed by atoms with Crippen LogP contribution in [0.5, 0.6) is 0 Å². The summed E-state index contributed by atoms with van der Waals surface area (Å²) in [4.78, 5) is 29.7. The summed E-state index contributed by atoms with van der Waals surface area (Å²) in [6, 6.07) is 0. The van der Waals surface area contributed by atoms with Crippen LogP contribution >= 0.6 is 0 Å². The van der Waals surface area contributed by atoms with E-state index in [1.807, 2.05) is 0 Å². The van der Waals surface area contributed by atoms with Gasteiger partial charge in [-0.3, -0.25) is 9.59 Å². The van der Waals surface area contributed by atoms with E-state index in [1.54, 1.807) is 0 Å². The number of hydrogen-bond acceptors (Lipinski definition) is 2. The maximum absolute atomic E-state index is 12.9. The highest BCUT2D eigenvalue weighted by atomic mass is 16.2. The number of rotatable bonds is 5. The van der Waals surface area contributed by atoms with E-state index < -0.39 is 0 Å². The fraction of sp³-hybridized carbons (Fsp3) is 0.909. The molecule has 26 heavy (non-hydrogen) atoms. The molecule has 1 saturated carbocycles. The third-order valence-corrected chi connectivity index (χ3v) is 6.99. The minimum atomic E-state index is 0.155. The Morgan fingerprint density at radius 3 is 1.85 bits per heavy atom. The van der Waals surface area contributed by atoms with Gasteiger partial charge in [-0.1, -0.05) is 26.2 Å². The third-order valence-electron chi connectivity index (χ3n) is 6.99. The van der Waals surface area contributed by atoms with Crippen LogP contribution in [-0.4, -0.2) is 47.8 Å². The molecule has 1 aliphatic carbocycles. The normalized spacial score (nSPS) is 28.2. The van der Waals surface area contributed by atoms with Crippen LogP contribution in [0.3, 0.4) is 0 Å². The van der Waals surface area contributed by atoms with Crippen molar-refractivity contribution in [2.24, 2.45) is 17.8 Å². The molecule has 4 nitrogen and oxygen atoms in total. The van der Waals surface area contributed by atoms with Gasteiger partial charge in [0, 0.05) is 38.0 Å². The molecule has 2 aliphatic heterocycles. The van der Waals surface area contributed by atoms with E-state index in [1.165, 1.54) is 38.5 Å². The highest BCUT2D eigenvalue weighted by Crippen LogP contribution is 2.33. The number of carbonyl (C=O) groups excluding carboxylic acids is 2. The molecule has 0 atom stereocenters. The van der Waals surface area contributed by atoms with Crippen LogP contribution in [-0.2, 0) is 9.59 Å². The summed E-state index contributed by atoms with van der Waals surface area (Å²) in [6.07, 6.45) is 13.9. The Hall–Kier alpha value is -1.06. The molecule has 3 fully saturated rings. The van der Waals surface area contributed by atoms with Gasteiger partial charge in [0.1, 0.15) is 0 Å². The van der Waals surface area contributed by atoms with Crippen LogP contribution in [0.1, 0.15) is 84.0 Å². The molecule has 0 N–H and O–H groups in total. The van der Waals surface area contributed by atoms with Crippen molar-refractivity contribution in [3.8, 4) is 0 Å². The second-order valence-corrected chi connectivity index (χ2v) is 8.85. The summed E-state index contributed by atoms with van der Waals surface area (Å²) >= 11 is 0. The predicted octanol–water partition coefficient (Wildman–Crippen LogP) is 4.23. The molecule has 0 aromatic heterocycles. The lowest BCUT2D eigenvalue weighted by atomic mass is 9.79. The van der Waals surface area contributed by atoms with Gasteiger partial charge in [-0.2, -0.15) is 0 Å². The highest BCUT2D eigenvalue weighted by Gasteiger charge is 2.34. The highest BCUT2D eigenvalue weighted by molar-refractivity contribution is 5.81. The van der Waals surface area contributed by atoms with E-state index in [4.69, 9.17) is 0 Å². The van der Waals surface area contributed by atoms with Crippen molar-refractivity contribution < 1.29 is 9.59 Å². The standard InChI is InChI=1S/C22H38N2O2/c1-2-3-7-18-8-10-19(11-9-18)21(25)24-16-12-20(13-17-24)22(26)23-14-5-4-6-15-23/h18-20H,2-17H2,1H3. The fourth-order valence-electron chi connectivity index (χ4n) is 5.17. The van der Waals surface area contributed by atoms with E-state index in [-0.39, 0.29) is 11.8 Å². The zero-order valence-electron chi connectivity index (χ0n) is 16.8. The van der Waals surface area contributed by atoms with Gasteiger partial charge in [0.2, 0.25) is 11.8 Å². The molecule has 2 saturated heterocycles. The molecule has 2 heterocycles. The molecule has 2 amide bonds. The van der Waals surface area contributed by atoms with Gasteiger partial charge in [-0.25, -0.2) is 0 Å². The quantitative estimate of drug-likeness (QED) is 0.734. The molecule has 3 rings (SSSR count). The molecule has 148 valence electrons. The van der Waals surface area contributed by atoms with Crippen LogP contribution in [0.15, 0.2) is 0 Å². The summed E-state index contributed by atoms with van der Waals surface area (Å²) in [5.41, 5.74) is 0. The zero-order valence-corrected chi connectivity index (χ0v) is 16.8. The van der Waals surface area contributed by atoms with Gasteiger partial charge in [0.25, 0.3) is 0 Å². The van der Waals surface area contributed by atoms with Gasteiger partial charge >= 0.3 is 0 Å². The molecule has 0 bridgehead atoms. The zero-order chi connectivity index (χ0) is 18.4. The summed E-state index contributed by atoms with van der Waals surface area (Å²) in [5, 5.41) is 0. The molecule has 0 aromatic rings. The average molecular weight is 363 g/mol. The number of unbranched alkanes of at least 4 members (excludes halogenated alkanes) is 1. The van der Waals surface area contributed by atoms with Gasteiger partial charge in [0.15, 0.2) is 0 Å². The molecule has 3 aliphatic rings. The van der Waals surface area contributed by atoms with Crippen molar-refractivity contribution in [3.63, 3.8) is 0 Å². The molecular weight excluding hydrogens is 324 g/mol. The second kappa shape index (κ2) is 9.75. The minimum absolute atomic E-state index is 0.155. The van der Waals surface area contributed by atoms with Crippen LogP contribution in [0, 0.1) is 17.8 Å². The van der Waals surface area contributed by atoms with Crippen molar-refractivity contribution in [2.75, 3.05) is 26.2 Å². The SMILES string of the molecule is CCCCC1CCC(C(=O)N2CCC(C(=O)N3CCCCC3)CC2)CC1. The van der Waals surface area contributed by atoms with Crippen molar-refractivity contribution in [3.05, 3.63) is 0 Å². The van der Waals surface area contributed by atoms with Crippen LogP contribution < -0.4 is 0 Å². The number of amides is 2. The first-order valence-corrected chi connectivity index (χ1v) is 11.3. The smallest absolute Gasteiger partial charge is 0.225 e. The van der Waals surface area contributed by atoms with E-state index >= 15 is 0 Å². The lowest BCUT2D eigenvalue weighted by Gasteiger charge is -2.38. The number of nitrogens with zero attached hydrogens (tertiary/aromatic N) is 2. The number of piperidine rings is 2. The van der Waals surface area contributed by atoms with Crippen molar-refractivity contribution in [2.45, 2.75) is 84.0 Å². The Morgan fingerprint density at radius 1 is 0.731 bits per heavy atom. The van der Waals surface area contributed by atoms with E-state index in [2.05, 4.69) is 16.7 Å². The summed E-state index contributed by atoms with van der Waals surface area (Å²) in [5.74, 6) is 1.99. The van der Waals surface area contributed by atoms with Crippen LogP contribution in [0.2, 0.25) is 0 Å². The second-order valence-electron chi connectivity index (χ2n) is 8.85. The lowest BCUT2D eigenvalue weighted by Crippen LogP contribution is -2.47. The largest absolute Gasteiger partial charge is 0.342 e. The number of carbonyl (C=O) groups is 2. The van der Waals surface area contributed by atoms with Gasteiger partial charge in [-0.05, 0) is 63.7 Å². The first kappa shape index (κ1) is 19.7. The van der Waals surface area contributed by atoms with Crippen molar-refractivity contribution >= 4 is 11.8 Å². The maximum Gasteiger partial charge on any atom is 0.225 e. The Labute approximate surface area is 159 Å². The Kier molecular flexibility index (Phi) is 7.39. The van der Waals surface area contributed by atoms with Crippen molar-refractivity contribution in [1.82, 2.24) is 9.80 Å². The van der Waals surface area contributed by atoms with Gasteiger partial charge in [-0.15, -0.1) is 0 Å². The van der Waals surface area contributed by atoms with Crippen LogP contribution in [0.4, 0.5) is 0 Å². The molecule has 0 radical (unpaired) electrons. The average Bonchev–Trinajstić information content (AvgIpc) is 2.72. The molecule has 0 aromatic carbocycles. The van der Waals surface area contributed by atoms with Gasteiger partial charge in [0.05, 0.1) is 0 Å². The van der Waals surface area contributed by atoms with Crippen LogP contribution in [0.25, 0.3) is 0 Å². The maximum atomic E-state index is 12.9. The topological polar surface area (TPSA) is 40.6 Å². The molecule has 4 heteroatoms. The number of likely N-dealkylation sites (tertiary alicyclic amines) is 2. The first-order valence-electron chi connectivity index (χ1n) is 11.3. The minimum Gasteiger partial charge on any atom is -0.342 e. The monoisotopic (exact) mass is 362 g/mol. The first-order chi connectivity index (χ1) is 12.7. The van der Waals surface area contributed by atoms with Crippen molar-refractivity contribution in [1.29, 1.82) is 0 Å².